The maximum atomic E-state index is 7.81. The maximum Gasteiger partial charge on any atom is 0.215 e. The first-order valence-electron chi connectivity index (χ1n) is 5.34. The molecule has 0 aliphatic rings. The SMILES string of the molecule is CCOC(=N)C(OCCCl)c1ccccc1Cl.Cl. The van der Waals surface area contributed by atoms with Crippen LogP contribution in [0.3, 0.4) is 0 Å². The molecule has 3 nitrogen and oxygen atoms in total. The zero-order valence-electron chi connectivity index (χ0n) is 9.99. The lowest BCUT2D eigenvalue weighted by Crippen LogP contribution is -2.19. The van der Waals surface area contributed by atoms with Crippen LogP contribution in [-0.2, 0) is 9.47 Å². The average molecular weight is 313 g/mol. The number of rotatable bonds is 6. The summed E-state index contributed by atoms with van der Waals surface area (Å²) < 4.78 is 10.7. The third kappa shape index (κ3) is 5.02. The van der Waals surface area contributed by atoms with Crippen molar-refractivity contribution >= 4 is 41.5 Å². The lowest BCUT2D eigenvalue weighted by Gasteiger charge is -2.19. The summed E-state index contributed by atoms with van der Waals surface area (Å²) in [6.45, 7) is 2.58. The van der Waals surface area contributed by atoms with Crippen molar-refractivity contribution in [3.05, 3.63) is 34.9 Å². The van der Waals surface area contributed by atoms with Crippen LogP contribution in [0.5, 0.6) is 0 Å². The van der Waals surface area contributed by atoms with Gasteiger partial charge in [0.05, 0.1) is 13.2 Å². The van der Waals surface area contributed by atoms with Gasteiger partial charge in [-0.05, 0) is 13.0 Å². The van der Waals surface area contributed by atoms with Crippen LogP contribution in [0, 0.1) is 5.41 Å². The Morgan fingerprint density at radius 1 is 1.39 bits per heavy atom. The molecule has 102 valence electrons. The molecule has 1 rings (SSSR count). The van der Waals surface area contributed by atoms with Crippen LogP contribution in [-0.4, -0.2) is 25.0 Å². The number of nitrogens with one attached hydrogen (secondary N) is 1. The Morgan fingerprint density at radius 2 is 2.06 bits per heavy atom. The predicted molar refractivity (Wildman–Crippen MR) is 77.5 cm³/mol. The van der Waals surface area contributed by atoms with E-state index in [1.165, 1.54) is 0 Å². The van der Waals surface area contributed by atoms with Crippen LogP contribution in [0.15, 0.2) is 24.3 Å². The summed E-state index contributed by atoms with van der Waals surface area (Å²) in [6.07, 6.45) is -0.595. The van der Waals surface area contributed by atoms with Crippen LogP contribution >= 0.6 is 35.6 Å². The molecule has 1 atom stereocenters. The van der Waals surface area contributed by atoms with E-state index in [9.17, 15) is 0 Å². The third-order valence-corrected chi connectivity index (χ3v) is 2.59. The van der Waals surface area contributed by atoms with Crippen LogP contribution < -0.4 is 0 Å². The molecule has 0 saturated carbocycles. The van der Waals surface area contributed by atoms with Gasteiger partial charge < -0.3 is 9.47 Å². The molecule has 1 aromatic carbocycles. The van der Waals surface area contributed by atoms with Crippen LogP contribution in [0.25, 0.3) is 0 Å². The van der Waals surface area contributed by atoms with Crippen LogP contribution in [0.4, 0.5) is 0 Å². The molecule has 0 radical (unpaired) electrons. The highest BCUT2D eigenvalue weighted by molar-refractivity contribution is 6.31. The van der Waals surface area contributed by atoms with E-state index < -0.39 is 6.10 Å². The Kier molecular flexibility index (Phi) is 9.20. The summed E-state index contributed by atoms with van der Waals surface area (Å²) in [4.78, 5) is 0. The van der Waals surface area contributed by atoms with Crippen LogP contribution in [0.1, 0.15) is 18.6 Å². The predicted octanol–water partition coefficient (Wildman–Crippen LogP) is 4.07. The van der Waals surface area contributed by atoms with Gasteiger partial charge in [0.1, 0.15) is 0 Å². The van der Waals surface area contributed by atoms with E-state index >= 15 is 0 Å². The summed E-state index contributed by atoms with van der Waals surface area (Å²) >= 11 is 11.7. The smallest absolute Gasteiger partial charge is 0.215 e. The van der Waals surface area contributed by atoms with Crippen molar-refractivity contribution in [2.75, 3.05) is 19.1 Å². The van der Waals surface area contributed by atoms with Crippen molar-refractivity contribution < 1.29 is 9.47 Å². The topological polar surface area (TPSA) is 42.3 Å². The first-order valence-corrected chi connectivity index (χ1v) is 6.25. The van der Waals surface area contributed by atoms with Gasteiger partial charge in [0.25, 0.3) is 0 Å². The standard InChI is InChI=1S/C12H15Cl2NO2.ClH/c1-2-16-12(15)11(17-8-7-13)9-5-3-4-6-10(9)14;/h3-6,11,15H,2,7-8H2,1H3;1H. The largest absolute Gasteiger partial charge is 0.479 e. The van der Waals surface area contributed by atoms with Crippen LogP contribution in [0.2, 0.25) is 5.02 Å². The lowest BCUT2D eigenvalue weighted by molar-refractivity contribution is 0.0890. The normalized spacial score (nSPS) is 11.5. The second-order valence-electron chi connectivity index (χ2n) is 3.26. The zero-order valence-corrected chi connectivity index (χ0v) is 12.3. The van der Waals surface area contributed by atoms with Crippen molar-refractivity contribution in [3.8, 4) is 0 Å². The Hall–Kier alpha value is -0.480. The molecule has 0 fully saturated rings. The molecule has 6 heteroatoms. The molecule has 0 saturated heterocycles. The van der Waals surface area contributed by atoms with Gasteiger partial charge in [-0.3, -0.25) is 5.41 Å². The molecule has 18 heavy (non-hydrogen) atoms. The number of halogens is 3. The molecule has 0 amide bonds. The third-order valence-electron chi connectivity index (χ3n) is 2.09. The maximum absolute atomic E-state index is 7.81. The fourth-order valence-electron chi connectivity index (χ4n) is 1.39. The number of hydrogen-bond acceptors (Lipinski definition) is 3. The highest BCUT2D eigenvalue weighted by atomic mass is 35.5. The number of alkyl halides is 1. The first kappa shape index (κ1) is 17.5. The highest BCUT2D eigenvalue weighted by Gasteiger charge is 2.21. The zero-order chi connectivity index (χ0) is 12.7. The lowest BCUT2D eigenvalue weighted by atomic mass is 10.1. The second-order valence-corrected chi connectivity index (χ2v) is 4.04. The second kappa shape index (κ2) is 9.45. The Bertz CT molecular complexity index is 374. The van der Waals surface area contributed by atoms with Gasteiger partial charge in [-0.1, -0.05) is 29.8 Å². The minimum atomic E-state index is -0.595. The quantitative estimate of drug-likeness (QED) is 0.489. The van der Waals surface area contributed by atoms with Gasteiger partial charge in [0, 0.05) is 16.5 Å². The van der Waals surface area contributed by atoms with E-state index in [0.29, 0.717) is 24.1 Å². The Morgan fingerprint density at radius 3 is 2.61 bits per heavy atom. The van der Waals surface area contributed by atoms with E-state index in [2.05, 4.69) is 0 Å². The molecule has 0 aromatic heterocycles. The molecule has 1 N–H and O–H groups in total. The summed E-state index contributed by atoms with van der Waals surface area (Å²) in [5.41, 5.74) is 0.720. The van der Waals surface area contributed by atoms with Gasteiger partial charge in [0.15, 0.2) is 6.10 Å². The van der Waals surface area contributed by atoms with E-state index in [0.717, 1.165) is 5.56 Å². The number of benzene rings is 1. The van der Waals surface area contributed by atoms with Gasteiger partial charge in [-0.15, -0.1) is 24.0 Å². The summed E-state index contributed by atoms with van der Waals surface area (Å²) in [7, 11) is 0. The van der Waals surface area contributed by atoms with Gasteiger partial charge in [0.2, 0.25) is 5.90 Å². The minimum Gasteiger partial charge on any atom is -0.479 e. The van der Waals surface area contributed by atoms with Gasteiger partial charge in [-0.2, -0.15) is 0 Å². The monoisotopic (exact) mass is 311 g/mol. The molecule has 0 bridgehead atoms. The number of hydrogen-bond donors (Lipinski definition) is 1. The summed E-state index contributed by atoms with van der Waals surface area (Å²) in [6, 6.07) is 7.24. The Labute approximate surface area is 123 Å². The van der Waals surface area contributed by atoms with Crippen molar-refractivity contribution in [2.45, 2.75) is 13.0 Å². The van der Waals surface area contributed by atoms with Crippen molar-refractivity contribution in [1.29, 1.82) is 5.41 Å². The van der Waals surface area contributed by atoms with E-state index in [1.54, 1.807) is 6.07 Å². The summed E-state index contributed by atoms with van der Waals surface area (Å²) in [5.74, 6) is 0.408. The molecular formula is C12H16Cl3NO2. The van der Waals surface area contributed by atoms with Crippen molar-refractivity contribution in [1.82, 2.24) is 0 Å². The Balaban J connectivity index is 0.00000289. The molecule has 0 spiro atoms. The highest BCUT2D eigenvalue weighted by Crippen LogP contribution is 2.26. The van der Waals surface area contributed by atoms with Gasteiger partial charge in [-0.25, -0.2) is 0 Å². The first-order chi connectivity index (χ1) is 8.20. The van der Waals surface area contributed by atoms with Crippen molar-refractivity contribution in [2.24, 2.45) is 0 Å². The molecule has 1 aromatic rings. The van der Waals surface area contributed by atoms with Crippen molar-refractivity contribution in [3.63, 3.8) is 0 Å². The average Bonchev–Trinajstić information content (AvgIpc) is 2.32. The minimum absolute atomic E-state index is 0. The molecule has 1 unspecified atom stereocenters. The summed E-state index contributed by atoms with van der Waals surface area (Å²) in [5, 5.41) is 8.36. The molecule has 0 aliphatic carbocycles. The van der Waals surface area contributed by atoms with E-state index in [-0.39, 0.29) is 18.3 Å². The molecule has 0 heterocycles. The van der Waals surface area contributed by atoms with E-state index in [4.69, 9.17) is 38.1 Å². The fraction of sp³-hybridized carbons (Fsp3) is 0.417. The number of ether oxygens (including phenoxy) is 2. The fourth-order valence-corrected chi connectivity index (χ4v) is 1.71. The molecular weight excluding hydrogens is 296 g/mol. The van der Waals surface area contributed by atoms with E-state index in [1.807, 2.05) is 25.1 Å². The van der Waals surface area contributed by atoms with Gasteiger partial charge >= 0.3 is 0 Å². The molecule has 0 aliphatic heterocycles.